The van der Waals surface area contributed by atoms with Crippen molar-refractivity contribution in [2.75, 3.05) is 6.54 Å². The maximum atomic E-state index is 11.6. The van der Waals surface area contributed by atoms with Crippen LogP contribution in [-0.4, -0.2) is 22.0 Å². The molecule has 128 valence electrons. The van der Waals surface area contributed by atoms with Crippen molar-refractivity contribution in [2.24, 2.45) is 0 Å². The number of imidazole rings is 1. The molecule has 1 N–H and O–H groups in total. The fourth-order valence-electron chi connectivity index (χ4n) is 2.96. The van der Waals surface area contributed by atoms with Crippen LogP contribution in [0.1, 0.15) is 23.9 Å². The zero-order valence-electron chi connectivity index (χ0n) is 14.7. The highest BCUT2D eigenvalue weighted by Gasteiger charge is 2.11. The average Bonchev–Trinajstić information content (AvgIpc) is 2.95. The second-order valence-corrected chi connectivity index (χ2v) is 6.07. The quantitative estimate of drug-likeness (QED) is 0.700. The molecule has 1 amide bonds. The Balaban J connectivity index is 1.87. The smallest absolute Gasteiger partial charge is 0.243 e. The number of benzene rings is 2. The minimum absolute atomic E-state index is 0.0657. The van der Waals surface area contributed by atoms with Crippen LogP contribution in [-0.2, 0) is 17.8 Å². The summed E-state index contributed by atoms with van der Waals surface area (Å²) < 4.78 is 2.25. The standard InChI is InChI=1S/C21H23N3O/c1-3-8-21(25)22-14-13-20-23-18-11-6-7-12-19(18)24(20)15-17-10-5-4-9-16(17)2/h3-12H,13-15H2,1-2H3,(H,22,25)/b8-3+. The lowest BCUT2D eigenvalue weighted by Gasteiger charge is -2.12. The molecular weight excluding hydrogens is 310 g/mol. The molecule has 0 atom stereocenters. The number of rotatable bonds is 6. The number of nitrogens with one attached hydrogen (secondary N) is 1. The van der Waals surface area contributed by atoms with E-state index in [-0.39, 0.29) is 5.91 Å². The summed E-state index contributed by atoms with van der Waals surface area (Å²) in [4.78, 5) is 16.4. The van der Waals surface area contributed by atoms with Crippen molar-refractivity contribution >= 4 is 16.9 Å². The van der Waals surface area contributed by atoms with Crippen molar-refractivity contribution in [3.63, 3.8) is 0 Å². The van der Waals surface area contributed by atoms with E-state index in [1.807, 2.05) is 25.1 Å². The Morgan fingerprint density at radius 1 is 1.16 bits per heavy atom. The lowest BCUT2D eigenvalue weighted by atomic mass is 10.1. The van der Waals surface area contributed by atoms with Crippen LogP contribution in [0.15, 0.2) is 60.7 Å². The number of aromatic nitrogens is 2. The molecule has 0 aliphatic heterocycles. The second kappa shape index (κ2) is 7.79. The van der Waals surface area contributed by atoms with Gasteiger partial charge in [0.15, 0.2) is 0 Å². The first kappa shape index (κ1) is 17.0. The Kier molecular flexibility index (Phi) is 5.29. The molecule has 0 saturated carbocycles. The largest absolute Gasteiger partial charge is 0.352 e. The van der Waals surface area contributed by atoms with Gasteiger partial charge >= 0.3 is 0 Å². The highest BCUT2D eigenvalue weighted by molar-refractivity contribution is 5.87. The fraction of sp³-hybridized carbons (Fsp3) is 0.238. The Hall–Kier alpha value is -2.88. The molecule has 1 aromatic heterocycles. The Morgan fingerprint density at radius 2 is 1.92 bits per heavy atom. The molecule has 1 heterocycles. The molecule has 0 aliphatic rings. The van der Waals surface area contributed by atoms with E-state index in [1.165, 1.54) is 17.2 Å². The van der Waals surface area contributed by atoms with Gasteiger partial charge in [-0.1, -0.05) is 42.5 Å². The molecule has 0 saturated heterocycles. The van der Waals surface area contributed by atoms with E-state index in [2.05, 4.69) is 47.1 Å². The maximum absolute atomic E-state index is 11.6. The van der Waals surface area contributed by atoms with Crippen LogP contribution < -0.4 is 5.32 Å². The van der Waals surface area contributed by atoms with E-state index in [4.69, 9.17) is 4.98 Å². The number of carbonyl (C=O) groups is 1. The van der Waals surface area contributed by atoms with Gasteiger partial charge in [-0.05, 0) is 43.2 Å². The van der Waals surface area contributed by atoms with E-state index in [0.717, 1.165) is 23.4 Å². The predicted molar refractivity (Wildman–Crippen MR) is 102 cm³/mol. The van der Waals surface area contributed by atoms with Crippen LogP contribution in [0.5, 0.6) is 0 Å². The zero-order valence-corrected chi connectivity index (χ0v) is 14.7. The summed E-state index contributed by atoms with van der Waals surface area (Å²) in [6.45, 7) is 5.32. The molecule has 3 rings (SSSR count). The van der Waals surface area contributed by atoms with Crippen LogP contribution in [0.4, 0.5) is 0 Å². The Labute approximate surface area is 148 Å². The van der Waals surface area contributed by atoms with Gasteiger partial charge in [0.1, 0.15) is 5.82 Å². The molecule has 3 aromatic rings. The van der Waals surface area contributed by atoms with Gasteiger partial charge in [-0.25, -0.2) is 4.98 Å². The number of para-hydroxylation sites is 2. The molecule has 0 aliphatic carbocycles. The van der Waals surface area contributed by atoms with Crippen molar-refractivity contribution in [3.05, 3.63) is 77.6 Å². The molecule has 2 aromatic carbocycles. The van der Waals surface area contributed by atoms with Gasteiger partial charge in [-0.3, -0.25) is 4.79 Å². The number of nitrogens with zero attached hydrogens (tertiary/aromatic N) is 2. The van der Waals surface area contributed by atoms with E-state index in [9.17, 15) is 4.79 Å². The maximum Gasteiger partial charge on any atom is 0.243 e. The number of hydrogen-bond donors (Lipinski definition) is 1. The molecule has 0 spiro atoms. The second-order valence-electron chi connectivity index (χ2n) is 6.07. The minimum atomic E-state index is -0.0657. The first-order chi connectivity index (χ1) is 12.2. The average molecular weight is 333 g/mol. The van der Waals surface area contributed by atoms with E-state index >= 15 is 0 Å². The molecule has 4 heteroatoms. The van der Waals surface area contributed by atoms with Crippen LogP contribution >= 0.6 is 0 Å². The van der Waals surface area contributed by atoms with Gasteiger partial charge in [0.2, 0.25) is 5.91 Å². The highest BCUT2D eigenvalue weighted by atomic mass is 16.1. The summed E-state index contributed by atoms with van der Waals surface area (Å²) >= 11 is 0. The SMILES string of the molecule is C/C=C/C(=O)NCCc1nc2ccccc2n1Cc1ccccc1C. The van der Waals surface area contributed by atoms with Crippen LogP contribution in [0.3, 0.4) is 0 Å². The third-order valence-electron chi connectivity index (χ3n) is 4.29. The number of aryl methyl sites for hydroxylation is 1. The Bertz CT molecular complexity index is 908. The summed E-state index contributed by atoms with van der Waals surface area (Å²) in [5, 5.41) is 2.90. The zero-order chi connectivity index (χ0) is 17.6. The van der Waals surface area contributed by atoms with E-state index in [1.54, 1.807) is 6.08 Å². The fourth-order valence-corrected chi connectivity index (χ4v) is 2.96. The van der Waals surface area contributed by atoms with Crippen molar-refractivity contribution in [3.8, 4) is 0 Å². The lowest BCUT2D eigenvalue weighted by molar-refractivity contribution is -0.116. The van der Waals surface area contributed by atoms with Crippen molar-refractivity contribution in [1.29, 1.82) is 0 Å². The molecule has 25 heavy (non-hydrogen) atoms. The summed E-state index contributed by atoms with van der Waals surface area (Å²) in [5.41, 5.74) is 4.67. The third kappa shape index (κ3) is 3.97. The van der Waals surface area contributed by atoms with Gasteiger partial charge in [-0.15, -0.1) is 0 Å². The molecular formula is C21H23N3O. The van der Waals surface area contributed by atoms with Gasteiger partial charge in [0.25, 0.3) is 0 Å². The molecule has 0 radical (unpaired) electrons. The van der Waals surface area contributed by atoms with Crippen LogP contribution in [0, 0.1) is 6.92 Å². The number of fused-ring (bicyclic) bond motifs is 1. The summed E-state index contributed by atoms with van der Waals surface area (Å²) in [6.07, 6.45) is 3.98. The van der Waals surface area contributed by atoms with Crippen molar-refractivity contribution in [2.45, 2.75) is 26.8 Å². The first-order valence-corrected chi connectivity index (χ1v) is 8.58. The summed E-state index contributed by atoms with van der Waals surface area (Å²) in [6, 6.07) is 16.6. The number of amides is 1. The number of allylic oxidation sites excluding steroid dienone is 1. The van der Waals surface area contributed by atoms with Crippen molar-refractivity contribution < 1.29 is 4.79 Å². The monoisotopic (exact) mass is 333 g/mol. The van der Waals surface area contributed by atoms with Gasteiger partial charge < -0.3 is 9.88 Å². The predicted octanol–water partition coefficient (Wildman–Crippen LogP) is 3.63. The van der Waals surface area contributed by atoms with Crippen LogP contribution in [0.2, 0.25) is 0 Å². The molecule has 0 unspecified atom stereocenters. The molecule has 0 fully saturated rings. The summed E-state index contributed by atoms with van der Waals surface area (Å²) in [7, 11) is 0. The van der Waals surface area contributed by atoms with E-state index < -0.39 is 0 Å². The number of carbonyl (C=O) groups excluding carboxylic acids is 1. The third-order valence-corrected chi connectivity index (χ3v) is 4.29. The van der Waals surface area contributed by atoms with E-state index in [0.29, 0.717) is 13.0 Å². The van der Waals surface area contributed by atoms with Crippen LogP contribution in [0.25, 0.3) is 11.0 Å². The summed E-state index contributed by atoms with van der Waals surface area (Å²) in [5.74, 6) is 0.925. The first-order valence-electron chi connectivity index (χ1n) is 8.58. The lowest BCUT2D eigenvalue weighted by Crippen LogP contribution is -2.24. The van der Waals surface area contributed by atoms with Gasteiger partial charge in [-0.2, -0.15) is 0 Å². The minimum Gasteiger partial charge on any atom is -0.352 e. The number of hydrogen-bond acceptors (Lipinski definition) is 2. The van der Waals surface area contributed by atoms with Gasteiger partial charge in [0, 0.05) is 19.5 Å². The van der Waals surface area contributed by atoms with Crippen molar-refractivity contribution in [1.82, 2.24) is 14.9 Å². The molecule has 4 nitrogen and oxygen atoms in total. The normalized spacial score (nSPS) is 11.3. The highest BCUT2D eigenvalue weighted by Crippen LogP contribution is 2.19. The topological polar surface area (TPSA) is 46.9 Å². The van der Waals surface area contributed by atoms with Gasteiger partial charge in [0.05, 0.1) is 11.0 Å². The molecule has 0 bridgehead atoms. The Morgan fingerprint density at radius 3 is 2.72 bits per heavy atom.